The van der Waals surface area contributed by atoms with E-state index in [1.807, 2.05) is 18.2 Å². The molecule has 3 rings (SSSR count). The van der Waals surface area contributed by atoms with Gasteiger partial charge < -0.3 is 10.4 Å². The van der Waals surface area contributed by atoms with E-state index in [2.05, 4.69) is 17.2 Å². The van der Waals surface area contributed by atoms with Crippen molar-refractivity contribution in [2.24, 2.45) is 5.92 Å². The molecule has 2 atom stereocenters. The molecule has 0 saturated heterocycles. The summed E-state index contributed by atoms with van der Waals surface area (Å²) in [6.07, 6.45) is 1.18. The minimum absolute atomic E-state index is 0.298. The fourth-order valence-corrected chi connectivity index (χ4v) is 2.13. The van der Waals surface area contributed by atoms with Crippen LogP contribution in [-0.2, 0) is 0 Å². The molecule has 0 radical (unpaired) electrons. The molecule has 1 fully saturated rings. The van der Waals surface area contributed by atoms with Gasteiger partial charge in [0.25, 0.3) is 0 Å². The van der Waals surface area contributed by atoms with Crippen LogP contribution < -0.4 is 5.32 Å². The van der Waals surface area contributed by atoms with Gasteiger partial charge in [-0.3, -0.25) is 0 Å². The minimum Gasteiger partial charge on any atom is -0.478 e. The van der Waals surface area contributed by atoms with E-state index in [1.165, 1.54) is 6.42 Å². The zero-order valence-electron chi connectivity index (χ0n) is 10.1. The average molecular weight is 242 g/mol. The Morgan fingerprint density at radius 1 is 1.39 bits per heavy atom. The molecule has 4 nitrogen and oxygen atoms in total. The second-order valence-corrected chi connectivity index (χ2v) is 4.84. The summed E-state index contributed by atoms with van der Waals surface area (Å²) in [5.74, 6) is 0.603. The molecule has 1 aliphatic carbocycles. The predicted molar refractivity (Wildman–Crippen MR) is 69.9 cm³/mol. The van der Waals surface area contributed by atoms with Gasteiger partial charge in [-0.25, -0.2) is 9.78 Å². The number of fused-ring (bicyclic) bond motifs is 1. The highest BCUT2D eigenvalue weighted by Crippen LogP contribution is 2.32. The molecule has 1 aromatic carbocycles. The van der Waals surface area contributed by atoms with Gasteiger partial charge in [-0.2, -0.15) is 0 Å². The molecule has 2 unspecified atom stereocenters. The Labute approximate surface area is 105 Å². The SMILES string of the molecule is CC1CC1Nc1ccc2c(C(=O)O)cccc2n1. The molecule has 2 N–H and O–H groups in total. The highest BCUT2D eigenvalue weighted by Gasteiger charge is 2.32. The van der Waals surface area contributed by atoms with Gasteiger partial charge in [0.05, 0.1) is 11.1 Å². The Bertz CT molecular complexity index is 624. The van der Waals surface area contributed by atoms with Crippen molar-refractivity contribution in [3.63, 3.8) is 0 Å². The predicted octanol–water partition coefficient (Wildman–Crippen LogP) is 2.75. The van der Waals surface area contributed by atoms with Crippen molar-refractivity contribution in [1.82, 2.24) is 4.98 Å². The van der Waals surface area contributed by atoms with Crippen molar-refractivity contribution in [2.75, 3.05) is 5.32 Å². The zero-order chi connectivity index (χ0) is 12.7. The third-order valence-corrected chi connectivity index (χ3v) is 3.41. The van der Waals surface area contributed by atoms with Crippen LogP contribution in [0.15, 0.2) is 30.3 Å². The number of carboxylic acid groups (broad SMARTS) is 1. The lowest BCUT2D eigenvalue weighted by molar-refractivity contribution is 0.0699. The van der Waals surface area contributed by atoms with Gasteiger partial charge >= 0.3 is 5.97 Å². The van der Waals surface area contributed by atoms with E-state index in [9.17, 15) is 4.79 Å². The Morgan fingerprint density at radius 3 is 2.83 bits per heavy atom. The largest absolute Gasteiger partial charge is 0.478 e. The van der Waals surface area contributed by atoms with Crippen molar-refractivity contribution in [3.8, 4) is 0 Å². The van der Waals surface area contributed by atoms with Crippen LogP contribution in [0.25, 0.3) is 10.9 Å². The van der Waals surface area contributed by atoms with Crippen LogP contribution in [-0.4, -0.2) is 22.1 Å². The molecule has 0 spiro atoms. The first-order valence-electron chi connectivity index (χ1n) is 6.05. The van der Waals surface area contributed by atoms with Gasteiger partial charge in [0.1, 0.15) is 5.82 Å². The molecule has 1 aromatic heterocycles. The second-order valence-electron chi connectivity index (χ2n) is 4.84. The minimum atomic E-state index is -0.918. The number of hydrogen-bond acceptors (Lipinski definition) is 3. The number of carboxylic acids is 1. The van der Waals surface area contributed by atoms with E-state index < -0.39 is 5.97 Å². The van der Waals surface area contributed by atoms with E-state index in [0.29, 0.717) is 28.4 Å². The summed E-state index contributed by atoms with van der Waals surface area (Å²) in [5.41, 5.74) is 1.01. The van der Waals surface area contributed by atoms with Crippen LogP contribution in [0.3, 0.4) is 0 Å². The third-order valence-electron chi connectivity index (χ3n) is 3.41. The zero-order valence-corrected chi connectivity index (χ0v) is 10.1. The van der Waals surface area contributed by atoms with Crippen molar-refractivity contribution in [2.45, 2.75) is 19.4 Å². The van der Waals surface area contributed by atoms with Crippen LogP contribution in [0.4, 0.5) is 5.82 Å². The van der Waals surface area contributed by atoms with Gasteiger partial charge in [-0.05, 0) is 36.6 Å². The quantitative estimate of drug-likeness (QED) is 0.868. The summed E-state index contributed by atoms with van der Waals surface area (Å²) in [6, 6.07) is 9.34. The van der Waals surface area contributed by atoms with E-state index >= 15 is 0 Å². The first-order valence-corrected chi connectivity index (χ1v) is 6.05. The maximum absolute atomic E-state index is 11.1. The van der Waals surface area contributed by atoms with Crippen molar-refractivity contribution in [1.29, 1.82) is 0 Å². The van der Waals surface area contributed by atoms with Gasteiger partial charge in [-0.1, -0.05) is 13.0 Å². The monoisotopic (exact) mass is 242 g/mol. The molecule has 0 amide bonds. The number of rotatable bonds is 3. The van der Waals surface area contributed by atoms with Crippen molar-refractivity contribution >= 4 is 22.7 Å². The third kappa shape index (κ3) is 1.90. The maximum Gasteiger partial charge on any atom is 0.336 e. The molecular formula is C14H14N2O2. The van der Waals surface area contributed by atoms with Gasteiger partial charge in [0.15, 0.2) is 0 Å². The number of pyridine rings is 1. The first-order chi connectivity index (χ1) is 8.65. The van der Waals surface area contributed by atoms with Crippen LogP contribution in [0.1, 0.15) is 23.7 Å². The second kappa shape index (κ2) is 3.98. The van der Waals surface area contributed by atoms with Crippen LogP contribution in [0.2, 0.25) is 0 Å². The fraction of sp³-hybridized carbons (Fsp3) is 0.286. The Morgan fingerprint density at radius 2 is 2.17 bits per heavy atom. The number of benzene rings is 1. The molecule has 0 aliphatic heterocycles. The van der Waals surface area contributed by atoms with E-state index in [0.717, 1.165) is 5.82 Å². The lowest BCUT2D eigenvalue weighted by atomic mass is 10.1. The number of nitrogens with one attached hydrogen (secondary N) is 1. The van der Waals surface area contributed by atoms with Gasteiger partial charge in [0.2, 0.25) is 0 Å². The van der Waals surface area contributed by atoms with E-state index in [1.54, 1.807) is 12.1 Å². The van der Waals surface area contributed by atoms with Gasteiger partial charge in [0, 0.05) is 11.4 Å². The standard InChI is InChI=1S/C14H14N2O2/c1-8-7-12(8)16-13-6-5-9-10(14(17)18)3-2-4-11(9)15-13/h2-6,8,12H,7H2,1H3,(H,15,16)(H,17,18). The molecular weight excluding hydrogens is 228 g/mol. The normalized spacial score (nSPS) is 21.8. The molecule has 2 aromatic rings. The number of anilines is 1. The molecule has 92 valence electrons. The van der Waals surface area contributed by atoms with E-state index in [-0.39, 0.29) is 0 Å². The molecule has 4 heteroatoms. The molecule has 1 saturated carbocycles. The van der Waals surface area contributed by atoms with Crippen molar-refractivity contribution < 1.29 is 9.90 Å². The summed E-state index contributed by atoms with van der Waals surface area (Å²) in [7, 11) is 0. The highest BCUT2D eigenvalue weighted by molar-refractivity contribution is 6.02. The summed E-state index contributed by atoms with van der Waals surface area (Å²) in [4.78, 5) is 15.5. The lowest BCUT2D eigenvalue weighted by Crippen LogP contribution is -2.05. The van der Waals surface area contributed by atoms with Gasteiger partial charge in [-0.15, -0.1) is 0 Å². The summed E-state index contributed by atoms with van der Waals surface area (Å²) in [6.45, 7) is 2.20. The first kappa shape index (κ1) is 11.0. The Balaban J connectivity index is 1.99. The fourth-order valence-electron chi connectivity index (χ4n) is 2.13. The summed E-state index contributed by atoms with van der Waals surface area (Å²) >= 11 is 0. The summed E-state index contributed by atoms with van der Waals surface area (Å²) < 4.78 is 0. The molecule has 18 heavy (non-hydrogen) atoms. The molecule has 1 aliphatic rings. The van der Waals surface area contributed by atoms with Crippen LogP contribution in [0.5, 0.6) is 0 Å². The average Bonchev–Trinajstić information content (AvgIpc) is 3.03. The Hall–Kier alpha value is -2.10. The number of aromatic nitrogens is 1. The van der Waals surface area contributed by atoms with Crippen LogP contribution in [0, 0.1) is 5.92 Å². The van der Waals surface area contributed by atoms with Crippen LogP contribution >= 0.6 is 0 Å². The number of hydrogen-bond donors (Lipinski definition) is 2. The molecule has 0 bridgehead atoms. The van der Waals surface area contributed by atoms with E-state index in [4.69, 9.17) is 5.11 Å². The number of carbonyl (C=O) groups is 1. The Kier molecular flexibility index (Phi) is 2.44. The van der Waals surface area contributed by atoms with Crippen molar-refractivity contribution in [3.05, 3.63) is 35.9 Å². The summed E-state index contributed by atoms with van der Waals surface area (Å²) in [5, 5.41) is 13.1. The number of aromatic carboxylic acids is 1. The maximum atomic E-state index is 11.1. The topological polar surface area (TPSA) is 62.2 Å². The molecule has 1 heterocycles. The smallest absolute Gasteiger partial charge is 0.336 e. The lowest BCUT2D eigenvalue weighted by Gasteiger charge is -2.07. The highest BCUT2D eigenvalue weighted by atomic mass is 16.4. The number of nitrogens with zero attached hydrogens (tertiary/aromatic N) is 1.